The van der Waals surface area contributed by atoms with E-state index in [1.54, 1.807) is 4.90 Å². The molecule has 1 aromatic rings. The van der Waals surface area contributed by atoms with Crippen LogP contribution in [0.15, 0.2) is 0 Å². The smallest absolute Gasteiger partial charge is 0.312 e. The Balaban J connectivity index is 1.61. The summed E-state index contributed by atoms with van der Waals surface area (Å²) in [5.41, 5.74) is 5.04. The Hall–Kier alpha value is -2.16. The standard InChI is InChI=1S/C17H29N7O2/c1-22-14(12-23-7-3-2-4-8-23)20-21-16(22)13-6-5-9-24(11-13)15(25)10-19-17(18)26/h13H,2-12H2,1H3,(H3,18,19,26)/t13-/m1/s1. The zero-order valence-corrected chi connectivity index (χ0v) is 15.5. The summed E-state index contributed by atoms with van der Waals surface area (Å²) in [4.78, 5) is 27.3. The first-order valence-corrected chi connectivity index (χ1v) is 9.46. The summed E-state index contributed by atoms with van der Waals surface area (Å²) in [6, 6.07) is -0.678. The van der Waals surface area contributed by atoms with Crippen LogP contribution in [0.4, 0.5) is 4.79 Å². The van der Waals surface area contributed by atoms with E-state index in [-0.39, 0.29) is 18.4 Å². The number of piperidine rings is 2. The van der Waals surface area contributed by atoms with E-state index in [1.807, 2.05) is 7.05 Å². The second-order valence-electron chi connectivity index (χ2n) is 7.27. The molecule has 0 aromatic carbocycles. The van der Waals surface area contributed by atoms with Gasteiger partial charge >= 0.3 is 6.03 Å². The zero-order valence-electron chi connectivity index (χ0n) is 15.5. The quantitative estimate of drug-likeness (QED) is 0.775. The maximum atomic E-state index is 12.2. The summed E-state index contributed by atoms with van der Waals surface area (Å²) in [7, 11) is 2.02. The van der Waals surface area contributed by atoms with Crippen molar-refractivity contribution >= 4 is 11.9 Å². The van der Waals surface area contributed by atoms with Gasteiger partial charge in [-0.1, -0.05) is 6.42 Å². The molecule has 144 valence electrons. The molecule has 0 unspecified atom stereocenters. The van der Waals surface area contributed by atoms with Crippen molar-refractivity contribution in [3.05, 3.63) is 11.6 Å². The minimum Gasteiger partial charge on any atom is -0.352 e. The van der Waals surface area contributed by atoms with E-state index < -0.39 is 6.03 Å². The second-order valence-corrected chi connectivity index (χ2v) is 7.27. The van der Waals surface area contributed by atoms with Gasteiger partial charge in [0.2, 0.25) is 5.91 Å². The van der Waals surface area contributed by atoms with Gasteiger partial charge in [0.25, 0.3) is 0 Å². The minimum atomic E-state index is -0.678. The number of hydrogen-bond donors (Lipinski definition) is 2. The third-order valence-corrected chi connectivity index (χ3v) is 5.37. The molecule has 26 heavy (non-hydrogen) atoms. The lowest BCUT2D eigenvalue weighted by molar-refractivity contribution is -0.131. The number of aromatic nitrogens is 3. The first-order chi connectivity index (χ1) is 12.5. The molecule has 0 saturated carbocycles. The third kappa shape index (κ3) is 4.51. The van der Waals surface area contributed by atoms with Crippen LogP contribution in [0.5, 0.6) is 0 Å². The van der Waals surface area contributed by atoms with E-state index in [9.17, 15) is 9.59 Å². The van der Waals surface area contributed by atoms with E-state index in [0.29, 0.717) is 13.1 Å². The van der Waals surface area contributed by atoms with Crippen LogP contribution in [-0.2, 0) is 18.4 Å². The Bertz CT molecular complexity index is 639. The van der Waals surface area contributed by atoms with Crippen molar-refractivity contribution in [2.75, 3.05) is 32.7 Å². The highest BCUT2D eigenvalue weighted by molar-refractivity contribution is 5.83. The van der Waals surface area contributed by atoms with Crippen LogP contribution in [0.1, 0.15) is 49.7 Å². The lowest BCUT2D eigenvalue weighted by atomic mass is 9.97. The van der Waals surface area contributed by atoms with E-state index in [2.05, 4.69) is 25.0 Å². The Morgan fingerprint density at radius 1 is 1.15 bits per heavy atom. The SMILES string of the molecule is Cn1c(CN2CCCCC2)nnc1[C@@H]1CCCN(C(=O)CNC(N)=O)C1. The van der Waals surface area contributed by atoms with Gasteiger partial charge in [-0.25, -0.2) is 4.79 Å². The Kier molecular flexibility index (Phi) is 6.08. The number of nitrogens with two attached hydrogens (primary N) is 1. The topological polar surface area (TPSA) is 109 Å². The highest BCUT2D eigenvalue weighted by Gasteiger charge is 2.28. The number of amides is 3. The van der Waals surface area contributed by atoms with Crippen LogP contribution in [0, 0.1) is 0 Å². The molecule has 9 heteroatoms. The normalized spacial score (nSPS) is 21.6. The third-order valence-electron chi connectivity index (χ3n) is 5.37. The summed E-state index contributed by atoms with van der Waals surface area (Å²) >= 11 is 0. The lowest BCUT2D eigenvalue weighted by Gasteiger charge is -2.32. The molecule has 2 aliphatic rings. The molecule has 3 rings (SSSR count). The molecule has 0 aliphatic carbocycles. The molecule has 2 fully saturated rings. The number of nitrogens with one attached hydrogen (secondary N) is 1. The summed E-state index contributed by atoms with van der Waals surface area (Å²) in [5.74, 6) is 2.00. The fourth-order valence-electron chi connectivity index (χ4n) is 3.87. The largest absolute Gasteiger partial charge is 0.352 e. The first-order valence-electron chi connectivity index (χ1n) is 9.46. The molecule has 0 bridgehead atoms. The number of likely N-dealkylation sites (tertiary alicyclic amines) is 2. The first kappa shape index (κ1) is 18.6. The van der Waals surface area contributed by atoms with Gasteiger partial charge in [0.15, 0.2) is 0 Å². The molecule has 2 aliphatic heterocycles. The molecule has 3 N–H and O–H groups in total. The maximum absolute atomic E-state index is 12.2. The number of rotatable bonds is 5. The molecule has 3 heterocycles. The Morgan fingerprint density at radius 2 is 1.92 bits per heavy atom. The maximum Gasteiger partial charge on any atom is 0.312 e. The number of nitrogens with zero attached hydrogens (tertiary/aromatic N) is 5. The van der Waals surface area contributed by atoms with Gasteiger partial charge in [-0.05, 0) is 38.8 Å². The predicted molar refractivity (Wildman–Crippen MR) is 96.3 cm³/mol. The van der Waals surface area contributed by atoms with Crippen LogP contribution < -0.4 is 11.1 Å². The van der Waals surface area contributed by atoms with Crippen LogP contribution in [0.3, 0.4) is 0 Å². The number of urea groups is 1. The van der Waals surface area contributed by atoms with Crippen LogP contribution in [0.25, 0.3) is 0 Å². The fourth-order valence-corrected chi connectivity index (χ4v) is 3.87. The Labute approximate surface area is 153 Å². The minimum absolute atomic E-state index is 0.0545. The van der Waals surface area contributed by atoms with E-state index in [0.717, 1.165) is 44.1 Å². The Morgan fingerprint density at radius 3 is 2.65 bits per heavy atom. The molecule has 9 nitrogen and oxygen atoms in total. The van der Waals surface area contributed by atoms with Gasteiger partial charge in [0.05, 0.1) is 13.1 Å². The molecule has 1 atom stereocenters. The molecular formula is C17H29N7O2. The van der Waals surface area contributed by atoms with Crippen molar-refractivity contribution < 1.29 is 9.59 Å². The zero-order chi connectivity index (χ0) is 18.5. The van der Waals surface area contributed by atoms with Crippen molar-refractivity contribution in [2.45, 2.75) is 44.6 Å². The van der Waals surface area contributed by atoms with Gasteiger partial charge in [-0.3, -0.25) is 9.69 Å². The molecular weight excluding hydrogens is 334 g/mol. The molecule has 1 aromatic heterocycles. The average Bonchev–Trinajstić information content (AvgIpc) is 3.01. The van der Waals surface area contributed by atoms with Crippen LogP contribution >= 0.6 is 0 Å². The van der Waals surface area contributed by atoms with Crippen LogP contribution in [-0.4, -0.2) is 69.2 Å². The van der Waals surface area contributed by atoms with Crippen molar-refractivity contribution in [3.63, 3.8) is 0 Å². The van der Waals surface area contributed by atoms with Gasteiger partial charge in [0.1, 0.15) is 11.6 Å². The van der Waals surface area contributed by atoms with Gasteiger partial charge in [0, 0.05) is 26.1 Å². The number of carbonyl (C=O) groups is 2. The molecule has 2 saturated heterocycles. The van der Waals surface area contributed by atoms with E-state index in [4.69, 9.17) is 5.73 Å². The van der Waals surface area contributed by atoms with Crippen molar-refractivity contribution in [3.8, 4) is 0 Å². The molecule has 0 radical (unpaired) electrons. The number of primary amides is 1. The van der Waals surface area contributed by atoms with E-state index >= 15 is 0 Å². The van der Waals surface area contributed by atoms with Gasteiger partial charge in [-0.15, -0.1) is 10.2 Å². The summed E-state index contributed by atoms with van der Waals surface area (Å²) in [6.07, 6.45) is 5.73. The summed E-state index contributed by atoms with van der Waals surface area (Å²) in [5, 5.41) is 11.2. The van der Waals surface area contributed by atoms with Crippen LogP contribution in [0.2, 0.25) is 0 Å². The van der Waals surface area contributed by atoms with E-state index in [1.165, 1.54) is 19.3 Å². The average molecular weight is 363 g/mol. The second kappa shape index (κ2) is 8.48. The summed E-state index contributed by atoms with van der Waals surface area (Å²) < 4.78 is 2.09. The van der Waals surface area contributed by atoms with Crippen molar-refractivity contribution in [1.29, 1.82) is 0 Å². The predicted octanol–water partition coefficient (Wildman–Crippen LogP) is 0.175. The highest BCUT2D eigenvalue weighted by Crippen LogP contribution is 2.26. The monoisotopic (exact) mass is 363 g/mol. The van der Waals surface area contributed by atoms with Crippen molar-refractivity contribution in [2.24, 2.45) is 12.8 Å². The lowest BCUT2D eigenvalue weighted by Crippen LogP contribution is -2.45. The number of hydrogen-bond acceptors (Lipinski definition) is 5. The molecule has 3 amide bonds. The highest BCUT2D eigenvalue weighted by atomic mass is 16.2. The fraction of sp³-hybridized carbons (Fsp3) is 0.765. The van der Waals surface area contributed by atoms with Gasteiger partial charge in [-0.2, -0.15) is 0 Å². The number of carbonyl (C=O) groups excluding carboxylic acids is 2. The van der Waals surface area contributed by atoms with Crippen molar-refractivity contribution in [1.82, 2.24) is 29.9 Å². The van der Waals surface area contributed by atoms with Gasteiger partial charge < -0.3 is 20.5 Å². The molecule has 0 spiro atoms. The summed E-state index contributed by atoms with van der Waals surface area (Å²) in [6.45, 7) is 4.34.